The molecule has 0 bridgehead atoms. The van der Waals surface area contributed by atoms with E-state index in [2.05, 4.69) is 0 Å². The highest BCUT2D eigenvalue weighted by molar-refractivity contribution is 6.16. The number of carbonyl (C=O) groups excluding carboxylic acids is 2. The monoisotopic (exact) mass is 407 g/mol. The summed E-state index contributed by atoms with van der Waals surface area (Å²) in [4.78, 5) is 27.2. The minimum absolute atomic E-state index is 0.211. The van der Waals surface area contributed by atoms with Gasteiger partial charge in [0.2, 0.25) is 0 Å². The summed E-state index contributed by atoms with van der Waals surface area (Å²) in [5, 5.41) is 0. The lowest BCUT2D eigenvalue weighted by atomic mass is 10.0. The van der Waals surface area contributed by atoms with Crippen LogP contribution in [0.1, 0.15) is 18.1 Å². The van der Waals surface area contributed by atoms with E-state index in [0.717, 1.165) is 22.6 Å². The van der Waals surface area contributed by atoms with E-state index in [-0.39, 0.29) is 5.91 Å². The lowest BCUT2D eigenvalue weighted by Gasteiger charge is -2.18. The van der Waals surface area contributed by atoms with Crippen LogP contribution in [0.4, 0.5) is 0 Å². The van der Waals surface area contributed by atoms with Gasteiger partial charge in [0.15, 0.2) is 0 Å². The first-order valence-electron chi connectivity index (χ1n) is 9.58. The maximum absolute atomic E-state index is 13.2. The number of esters is 1. The molecule has 2 aromatic rings. The number of benzene rings is 2. The summed E-state index contributed by atoms with van der Waals surface area (Å²) in [6, 6.07) is 15.0. The van der Waals surface area contributed by atoms with Crippen molar-refractivity contribution in [2.24, 2.45) is 0 Å². The SMILES string of the molecule is COC(=O)C1=C(C)N(CCc2ccc(OC)cc2)C(=O)/C1=C\c1ccc(OC)cc1. The van der Waals surface area contributed by atoms with Gasteiger partial charge in [-0.25, -0.2) is 4.79 Å². The summed E-state index contributed by atoms with van der Waals surface area (Å²) in [5.74, 6) is 0.769. The molecule has 0 radical (unpaired) electrons. The summed E-state index contributed by atoms with van der Waals surface area (Å²) in [6.45, 7) is 2.23. The third-order valence-corrected chi connectivity index (χ3v) is 5.11. The van der Waals surface area contributed by atoms with E-state index >= 15 is 0 Å². The van der Waals surface area contributed by atoms with Crippen LogP contribution in [-0.2, 0) is 20.7 Å². The second-order valence-corrected chi connectivity index (χ2v) is 6.84. The molecule has 30 heavy (non-hydrogen) atoms. The third kappa shape index (κ3) is 4.38. The molecule has 6 nitrogen and oxygen atoms in total. The number of hydrogen-bond acceptors (Lipinski definition) is 5. The van der Waals surface area contributed by atoms with Crippen molar-refractivity contribution in [2.75, 3.05) is 27.9 Å². The number of amides is 1. The highest BCUT2D eigenvalue weighted by atomic mass is 16.5. The Bertz CT molecular complexity index is 987. The zero-order valence-corrected chi connectivity index (χ0v) is 17.6. The molecule has 156 valence electrons. The van der Waals surface area contributed by atoms with Crippen molar-refractivity contribution < 1.29 is 23.8 Å². The van der Waals surface area contributed by atoms with Gasteiger partial charge < -0.3 is 19.1 Å². The van der Waals surface area contributed by atoms with Gasteiger partial charge in [-0.3, -0.25) is 4.79 Å². The van der Waals surface area contributed by atoms with Gasteiger partial charge in [0.1, 0.15) is 11.5 Å². The molecule has 0 fully saturated rings. The van der Waals surface area contributed by atoms with Crippen LogP contribution in [0.2, 0.25) is 0 Å². The number of rotatable bonds is 7. The predicted molar refractivity (Wildman–Crippen MR) is 114 cm³/mol. The fourth-order valence-electron chi connectivity index (χ4n) is 3.40. The van der Waals surface area contributed by atoms with E-state index in [1.165, 1.54) is 7.11 Å². The first-order chi connectivity index (χ1) is 14.5. The predicted octanol–water partition coefficient (Wildman–Crippen LogP) is 3.62. The number of hydrogen-bond donors (Lipinski definition) is 0. The Kier molecular flexibility index (Phi) is 6.57. The van der Waals surface area contributed by atoms with E-state index in [0.29, 0.717) is 29.8 Å². The molecule has 0 saturated heterocycles. The fraction of sp³-hybridized carbons (Fsp3) is 0.250. The second-order valence-electron chi connectivity index (χ2n) is 6.84. The van der Waals surface area contributed by atoms with Gasteiger partial charge >= 0.3 is 5.97 Å². The molecule has 0 aromatic heterocycles. The van der Waals surface area contributed by atoms with Crippen LogP contribution in [0.3, 0.4) is 0 Å². The summed E-state index contributed by atoms with van der Waals surface area (Å²) in [6.07, 6.45) is 2.36. The quantitative estimate of drug-likeness (QED) is 0.518. The van der Waals surface area contributed by atoms with E-state index < -0.39 is 5.97 Å². The number of carbonyl (C=O) groups is 2. The molecule has 0 N–H and O–H groups in total. The molecule has 1 amide bonds. The lowest BCUT2D eigenvalue weighted by molar-refractivity contribution is -0.136. The highest BCUT2D eigenvalue weighted by Gasteiger charge is 2.36. The smallest absolute Gasteiger partial charge is 0.340 e. The van der Waals surface area contributed by atoms with E-state index in [1.807, 2.05) is 48.5 Å². The van der Waals surface area contributed by atoms with E-state index in [9.17, 15) is 9.59 Å². The lowest BCUT2D eigenvalue weighted by Crippen LogP contribution is -2.27. The molecule has 0 atom stereocenters. The van der Waals surface area contributed by atoms with Crippen molar-refractivity contribution in [1.29, 1.82) is 0 Å². The summed E-state index contributed by atoms with van der Waals surface area (Å²) >= 11 is 0. The zero-order valence-electron chi connectivity index (χ0n) is 17.6. The topological polar surface area (TPSA) is 65.1 Å². The van der Waals surface area contributed by atoms with Crippen molar-refractivity contribution in [2.45, 2.75) is 13.3 Å². The average molecular weight is 407 g/mol. The molecule has 1 aliphatic heterocycles. The molecule has 0 unspecified atom stereocenters. The van der Waals surface area contributed by atoms with Gasteiger partial charge in [-0.2, -0.15) is 0 Å². The maximum Gasteiger partial charge on any atom is 0.340 e. The summed E-state index contributed by atoms with van der Waals surface area (Å²) < 4.78 is 15.3. The third-order valence-electron chi connectivity index (χ3n) is 5.11. The van der Waals surface area contributed by atoms with Crippen LogP contribution in [-0.4, -0.2) is 44.7 Å². The van der Waals surface area contributed by atoms with Crippen LogP contribution in [0.25, 0.3) is 6.08 Å². The standard InChI is InChI=1S/C24H25NO5/c1-16-22(24(27)30-4)21(15-18-7-11-20(29-3)12-8-18)23(26)25(16)14-13-17-5-9-19(28-2)10-6-17/h5-12,15H,13-14H2,1-4H3/b21-15-. The van der Waals surface area contributed by atoms with Crippen molar-refractivity contribution >= 4 is 18.0 Å². The first kappa shape index (κ1) is 21.2. The van der Waals surface area contributed by atoms with Gasteiger partial charge in [-0.1, -0.05) is 24.3 Å². The van der Waals surface area contributed by atoms with E-state index in [4.69, 9.17) is 14.2 Å². The Balaban J connectivity index is 1.87. The summed E-state index contributed by atoms with van der Waals surface area (Å²) in [7, 11) is 4.53. The average Bonchev–Trinajstić information content (AvgIpc) is 3.01. The molecular weight excluding hydrogens is 382 g/mol. The molecule has 0 aliphatic carbocycles. The minimum Gasteiger partial charge on any atom is -0.497 e. The Hall–Kier alpha value is -3.54. The van der Waals surface area contributed by atoms with Crippen molar-refractivity contribution in [1.82, 2.24) is 4.90 Å². The number of allylic oxidation sites excluding steroid dienone is 1. The first-order valence-corrected chi connectivity index (χ1v) is 9.58. The van der Waals surface area contributed by atoms with Gasteiger partial charge in [0.05, 0.1) is 32.5 Å². The zero-order chi connectivity index (χ0) is 21.7. The number of ether oxygens (including phenoxy) is 3. The Labute approximate surface area is 176 Å². The molecule has 2 aromatic carbocycles. The maximum atomic E-state index is 13.2. The summed E-state index contributed by atoms with van der Waals surface area (Å²) in [5.41, 5.74) is 3.10. The van der Waals surface area contributed by atoms with Crippen LogP contribution < -0.4 is 9.47 Å². The minimum atomic E-state index is -0.521. The van der Waals surface area contributed by atoms with Crippen molar-refractivity contribution in [3.8, 4) is 11.5 Å². The number of nitrogens with zero attached hydrogens (tertiary/aromatic N) is 1. The van der Waals surface area contributed by atoms with Gasteiger partial charge in [0, 0.05) is 12.2 Å². The molecule has 1 aliphatic rings. The van der Waals surface area contributed by atoms with Gasteiger partial charge in [-0.05, 0) is 54.8 Å². The molecule has 0 saturated carbocycles. The molecule has 0 spiro atoms. The van der Waals surface area contributed by atoms with Crippen LogP contribution >= 0.6 is 0 Å². The molecule has 1 heterocycles. The van der Waals surface area contributed by atoms with Crippen LogP contribution in [0, 0.1) is 0 Å². The number of methoxy groups -OCH3 is 3. The van der Waals surface area contributed by atoms with E-state index in [1.54, 1.807) is 32.1 Å². The second kappa shape index (κ2) is 9.31. The van der Waals surface area contributed by atoms with Gasteiger partial charge in [-0.15, -0.1) is 0 Å². The van der Waals surface area contributed by atoms with Gasteiger partial charge in [0.25, 0.3) is 5.91 Å². The highest BCUT2D eigenvalue weighted by Crippen LogP contribution is 2.32. The van der Waals surface area contributed by atoms with Crippen LogP contribution in [0.5, 0.6) is 11.5 Å². The normalized spacial score (nSPS) is 15.0. The van der Waals surface area contributed by atoms with Crippen LogP contribution in [0.15, 0.2) is 65.4 Å². The largest absolute Gasteiger partial charge is 0.497 e. The van der Waals surface area contributed by atoms with Crippen molar-refractivity contribution in [3.05, 3.63) is 76.5 Å². The molecular formula is C24H25NO5. The Morgan fingerprint density at radius 3 is 2.03 bits per heavy atom. The Morgan fingerprint density at radius 1 is 0.933 bits per heavy atom. The van der Waals surface area contributed by atoms with Crippen molar-refractivity contribution in [3.63, 3.8) is 0 Å². The Morgan fingerprint density at radius 2 is 1.50 bits per heavy atom. The molecule has 6 heteroatoms. The molecule has 3 rings (SSSR count). The fourth-order valence-corrected chi connectivity index (χ4v) is 3.40.